The monoisotopic (exact) mass is 270 g/mol. The van der Waals surface area contributed by atoms with E-state index in [1.165, 1.54) is 13.1 Å². The van der Waals surface area contributed by atoms with Crippen LogP contribution in [0.1, 0.15) is 19.4 Å². The van der Waals surface area contributed by atoms with Crippen molar-refractivity contribution < 1.29 is 14.3 Å². The fourth-order valence-corrected chi connectivity index (χ4v) is 1.47. The second-order valence-electron chi connectivity index (χ2n) is 3.38. The van der Waals surface area contributed by atoms with E-state index in [-0.39, 0.29) is 5.91 Å². The van der Waals surface area contributed by atoms with Crippen molar-refractivity contribution in [3.8, 4) is 11.5 Å². The number of ether oxygens (including phenoxy) is 2. The third-order valence-electron chi connectivity index (χ3n) is 2.01. The van der Waals surface area contributed by atoms with Crippen LogP contribution in [-0.2, 0) is 4.79 Å². The van der Waals surface area contributed by atoms with E-state index in [1.54, 1.807) is 19.2 Å². The van der Waals surface area contributed by atoms with Gasteiger partial charge in [0.2, 0.25) is 5.91 Å². The molecule has 0 atom stereocenters. The fourth-order valence-electron chi connectivity index (χ4n) is 1.27. The normalized spacial score (nSPS) is 10.4. The highest BCUT2D eigenvalue weighted by molar-refractivity contribution is 6.33. The SMILES string of the molecule is CCOc1cc(/C=N\NC(C)=O)c(Cl)cc1OC. The van der Waals surface area contributed by atoms with E-state index < -0.39 is 0 Å². The molecule has 1 N–H and O–H groups in total. The van der Waals surface area contributed by atoms with Crippen molar-refractivity contribution in [3.05, 3.63) is 22.7 Å². The number of nitrogens with zero attached hydrogens (tertiary/aromatic N) is 1. The summed E-state index contributed by atoms with van der Waals surface area (Å²) in [4.78, 5) is 10.7. The number of carbonyl (C=O) groups excluding carboxylic acids is 1. The van der Waals surface area contributed by atoms with E-state index in [0.29, 0.717) is 28.7 Å². The lowest BCUT2D eigenvalue weighted by molar-refractivity contribution is -0.118. The van der Waals surface area contributed by atoms with Crippen molar-refractivity contribution in [2.45, 2.75) is 13.8 Å². The van der Waals surface area contributed by atoms with Crippen LogP contribution in [0.25, 0.3) is 0 Å². The summed E-state index contributed by atoms with van der Waals surface area (Å²) in [6.07, 6.45) is 1.45. The summed E-state index contributed by atoms with van der Waals surface area (Å²) in [7, 11) is 1.54. The number of hydrazone groups is 1. The Bertz CT molecular complexity index is 461. The van der Waals surface area contributed by atoms with Gasteiger partial charge >= 0.3 is 0 Å². The van der Waals surface area contributed by atoms with Crippen LogP contribution in [0, 0.1) is 0 Å². The van der Waals surface area contributed by atoms with E-state index in [9.17, 15) is 4.79 Å². The number of methoxy groups -OCH3 is 1. The smallest absolute Gasteiger partial charge is 0.236 e. The van der Waals surface area contributed by atoms with Crippen LogP contribution in [0.4, 0.5) is 0 Å². The molecule has 1 aromatic rings. The number of rotatable bonds is 5. The molecular weight excluding hydrogens is 256 g/mol. The maximum atomic E-state index is 10.7. The minimum absolute atomic E-state index is 0.249. The average molecular weight is 271 g/mol. The van der Waals surface area contributed by atoms with Crippen LogP contribution in [0.3, 0.4) is 0 Å². The highest BCUT2D eigenvalue weighted by Gasteiger charge is 2.09. The number of hydrogen-bond acceptors (Lipinski definition) is 4. The predicted molar refractivity (Wildman–Crippen MR) is 70.6 cm³/mol. The number of benzene rings is 1. The largest absolute Gasteiger partial charge is 0.493 e. The van der Waals surface area contributed by atoms with Gasteiger partial charge in [-0.05, 0) is 13.0 Å². The molecule has 0 fully saturated rings. The molecule has 1 aromatic carbocycles. The van der Waals surface area contributed by atoms with Gasteiger partial charge in [-0.2, -0.15) is 5.10 Å². The van der Waals surface area contributed by atoms with Gasteiger partial charge in [-0.1, -0.05) is 11.6 Å². The van der Waals surface area contributed by atoms with Crippen molar-refractivity contribution in [3.63, 3.8) is 0 Å². The van der Waals surface area contributed by atoms with Gasteiger partial charge in [-0.3, -0.25) is 4.79 Å². The van der Waals surface area contributed by atoms with E-state index >= 15 is 0 Å². The molecule has 0 unspecified atom stereocenters. The highest BCUT2D eigenvalue weighted by Crippen LogP contribution is 2.32. The lowest BCUT2D eigenvalue weighted by Gasteiger charge is -2.10. The summed E-state index contributed by atoms with van der Waals surface area (Å²) in [6.45, 7) is 3.76. The maximum absolute atomic E-state index is 10.7. The Morgan fingerprint density at radius 1 is 1.50 bits per heavy atom. The molecule has 0 radical (unpaired) electrons. The van der Waals surface area contributed by atoms with Crippen molar-refractivity contribution in [1.82, 2.24) is 5.43 Å². The molecule has 0 aliphatic carbocycles. The van der Waals surface area contributed by atoms with Crippen molar-refractivity contribution in [1.29, 1.82) is 0 Å². The first-order valence-electron chi connectivity index (χ1n) is 5.38. The zero-order valence-corrected chi connectivity index (χ0v) is 11.2. The lowest BCUT2D eigenvalue weighted by Crippen LogP contribution is -2.12. The van der Waals surface area contributed by atoms with Crippen LogP contribution in [0.2, 0.25) is 5.02 Å². The minimum atomic E-state index is -0.249. The van der Waals surface area contributed by atoms with Crippen LogP contribution < -0.4 is 14.9 Å². The third kappa shape index (κ3) is 3.92. The Hall–Kier alpha value is -1.75. The molecule has 0 aliphatic heterocycles. The molecular formula is C12H15ClN2O3. The van der Waals surface area contributed by atoms with Crippen molar-refractivity contribution in [2.24, 2.45) is 5.10 Å². The van der Waals surface area contributed by atoms with Gasteiger partial charge < -0.3 is 9.47 Å². The molecule has 0 bridgehead atoms. The number of nitrogens with one attached hydrogen (secondary N) is 1. The molecule has 0 saturated carbocycles. The van der Waals surface area contributed by atoms with Crippen molar-refractivity contribution in [2.75, 3.05) is 13.7 Å². The minimum Gasteiger partial charge on any atom is -0.493 e. The van der Waals surface area contributed by atoms with Crippen LogP contribution in [0.5, 0.6) is 11.5 Å². The Morgan fingerprint density at radius 3 is 2.78 bits per heavy atom. The summed E-state index contributed by atoms with van der Waals surface area (Å²) >= 11 is 6.06. The van der Waals surface area contributed by atoms with Gasteiger partial charge in [0, 0.05) is 18.6 Å². The Balaban J connectivity index is 3.01. The Morgan fingerprint density at radius 2 is 2.22 bits per heavy atom. The molecule has 0 aromatic heterocycles. The van der Waals surface area contributed by atoms with E-state index in [1.807, 2.05) is 6.92 Å². The first-order chi connectivity index (χ1) is 8.58. The second kappa shape index (κ2) is 6.86. The van der Waals surface area contributed by atoms with Crippen LogP contribution in [0.15, 0.2) is 17.2 Å². The van der Waals surface area contributed by atoms with Crippen molar-refractivity contribution >= 4 is 23.7 Å². The number of amides is 1. The predicted octanol–water partition coefficient (Wildman–Crippen LogP) is 2.22. The molecule has 0 spiro atoms. The fraction of sp³-hybridized carbons (Fsp3) is 0.333. The van der Waals surface area contributed by atoms with Crippen LogP contribution >= 0.6 is 11.6 Å². The topological polar surface area (TPSA) is 59.9 Å². The summed E-state index contributed by atoms with van der Waals surface area (Å²) in [6, 6.07) is 3.34. The van der Waals surface area contributed by atoms with E-state index in [2.05, 4.69) is 10.5 Å². The van der Waals surface area contributed by atoms with E-state index in [4.69, 9.17) is 21.1 Å². The summed E-state index contributed by atoms with van der Waals surface area (Å²) < 4.78 is 10.6. The molecule has 0 heterocycles. The quantitative estimate of drug-likeness (QED) is 0.659. The van der Waals surface area contributed by atoms with E-state index in [0.717, 1.165) is 0 Å². The molecule has 6 heteroatoms. The standard InChI is InChI=1S/C12H15ClN2O3/c1-4-18-12-5-9(7-14-15-8(2)16)10(13)6-11(12)17-3/h5-7H,4H2,1-3H3,(H,15,16)/b14-7-. The van der Waals surface area contributed by atoms with Gasteiger partial charge in [-0.15, -0.1) is 0 Å². The Kier molecular flexibility index (Phi) is 5.45. The van der Waals surface area contributed by atoms with Gasteiger partial charge in [0.25, 0.3) is 0 Å². The maximum Gasteiger partial charge on any atom is 0.236 e. The summed E-state index contributed by atoms with van der Waals surface area (Å²) in [5.41, 5.74) is 2.94. The number of halogens is 1. The zero-order valence-electron chi connectivity index (χ0n) is 10.5. The first kappa shape index (κ1) is 14.3. The highest BCUT2D eigenvalue weighted by atomic mass is 35.5. The molecule has 98 valence electrons. The number of carbonyl (C=O) groups is 1. The molecule has 18 heavy (non-hydrogen) atoms. The number of hydrogen-bond donors (Lipinski definition) is 1. The lowest BCUT2D eigenvalue weighted by atomic mass is 10.2. The molecule has 1 amide bonds. The molecule has 0 aliphatic rings. The average Bonchev–Trinajstić information content (AvgIpc) is 2.32. The first-order valence-corrected chi connectivity index (χ1v) is 5.76. The van der Waals surface area contributed by atoms with Gasteiger partial charge in [0.05, 0.1) is 25.0 Å². The summed E-state index contributed by atoms with van der Waals surface area (Å²) in [5, 5.41) is 4.22. The van der Waals surface area contributed by atoms with Gasteiger partial charge in [0.15, 0.2) is 11.5 Å². The third-order valence-corrected chi connectivity index (χ3v) is 2.34. The molecule has 0 saturated heterocycles. The molecule has 5 nitrogen and oxygen atoms in total. The van der Waals surface area contributed by atoms with Gasteiger partial charge in [0.1, 0.15) is 0 Å². The summed E-state index contributed by atoms with van der Waals surface area (Å²) in [5.74, 6) is 0.883. The zero-order chi connectivity index (χ0) is 13.5. The van der Waals surface area contributed by atoms with Crippen LogP contribution in [-0.4, -0.2) is 25.8 Å². The second-order valence-corrected chi connectivity index (χ2v) is 3.79. The molecule has 1 rings (SSSR count). The van der Waals surface area contributed by atoms with Gasteiger partial charge in [-0.25, -0.2) is 5.43 Å². The Labute approximate surface area is 111 Å².